The Kier molecular flexibility index (Phi) is 24.4. The summed E-state index contributed by atoms with van der Waals surface area (Å²) in [5.41, 5.74) is 0. The Labute approximate surface area is 314 Å². The zero-order chi connectivity index (χ0) is 39.3. The van der Waals surface area contributed by atoms with Crippen LogP contribution in [0.15, 0.2) is 0 Å². The van der Waals surface area contributed by atoms with Gasteiger partial charge >= 0.3 is 23.5 Å². The predicted octanol–water partition coefficient (Wildman–Crippen LogP) is 1.61. The Balaban J connectivity index is 1.38. The van der Waals surface area contributed by atoms with Crippen molar-refractivity contribution < 1.29 is 93.4 Å². The Hall–Kier alpha value is 0.140. The van der Waals surface area contributed by atoms with Gasteiger partial charge < -0.3 is 52.6 Å². The van der Waals surface area contributed by atoms with E-state index in [9.17, 15) is 28.4 Å². The molecular weight excluding hydrogens is 771 g/mol. The lowest BCUT2D eigenvalue weighted by Gasteiger charge is -2.23. The number of phosphoric acid groups is 3. The van der Waals surface area contributed by atoms with Gasteiger partial charge in [-0.2, -0.15) is 0 Å². The fourth-order valence-corrected chi connectivity index (χ4v) is 7.36. The Morgan fingerprint density at radius 3 is 1.34 bits per heavy atom. The highest BCUT2D eigenvalue weighted by Crippen LogP contribution is 2.49. The highest BCUT2D eigenvalue weighted by Gasteiger charge is 2.41. The average Bonchev–Trinajstić information content (AvgIpc) is 3.57. The maximum Gasteiger partial charge on any atom is 0.472 e. The molecule has 2 heterocycles. The number of hydrogen-bond acceptors (Lipinski definition) is 17. The van der Waals surface area contributed by atoms with Gasteiger partial charge in [-0.1, -0.05) is 0 Å². The molecule has 53 heavy (non-hydrogen) atoms. The van der Waals surface area contributed by atoms with E-state index in [-0.39, 0.29) is 78.4 Å². The second-order valence-electron chi connectivity index (χ2n) is 12.2. The zero-order valence-electron chi connectivity index (χ0n) is 30.7. The fourth-order valence-electron chi connectivity index (χ4n) is 4.57. The van der Waals surface area contributed by atoms with E-state index in [1.807, 2.05) is 13.8 Å². The summed E-state index contributed by atoms with van der Waals surface area (Å²) in [7, 11) is -1.74. The molecule has 0 aliphatic carbocycles. The van der Waals surface area contributed by atoms with E-state index in [0.29, 0.717) is 26.4 Å². The summed E-state index contributed by atoms with van der Waals surface area (Å²) >= 11 is 0. The molecule has 4 radical (unpaired) electrons. The number of phosphoric ester groups is 3. The average molecular weight is 826 g/mol. The molecule has 2 aliphatic rings. The van der Waals surface area contributed by atoms with E-state index in [0.717, 1.165) is 0 Å². The fraction of sp³-hybridized carbons (Fsp3) is 1.00. The molecule has 2 aliphatic heterocycles. The maximum absolute atomic E-state index is 12.3. The van der Waals surface area contributed by atoms with E-state index in [1.54, 1.807) is 13.8 Å². The standard InChI is InChI=1S/C28H55B2O20P3/c1-21(2)42-19-25-23(17-27(29)46-25)49-52(33,34)44-16-14-41-12-10-39-8-6-37-5-7-38-9-11-40-13-15-43-51(31,32)45-20-26-24(18-28(30)47-26)50-53(35,36)48-22(3)4/h21-28H,5-20H2,1-4H3,(H,31,32)(H,33,34)(H,35,36)/t23?,24?,25-,26-,27-,28-/m1/s1. The maximum atomic E-state index is 12.3. The van der Waals surface area contributed by atoms with Gasteiger partial charge in [-0.25, -0.2) is 13.7 Å². The van der Waals surface area contributed by atoms with Crippen molar-refractivity contribution in [2.75, 3.05) is 92.5 Å². The molecule has 2 rings (SSSR count). The molecule has 2 fully saturated rings. The quantitative estimate of drug-likeness (QED) is 0.0496. The monoisotopic (exact) mass is 826 g/mol. The summed E-state index contributed by atoms with van der Waals surface area (Å²) in [6.45, 7) is 8.39. The molecule has 2 saturated heterocycles. The van der Waals surface area contributed by atoms with E-state index in [2.05, 4.69) is 0 Å². The van der Waals surface area contributed by atoms with Crippen molar-refractivity contribution in [3.8, 4) is 0 Å². The molecule has 0 amide bonds. The van der Waals surface area contributed by atoms with Gasteiger partial charge in [-0.05, 0) is 40.5 Å². The van der Waals surface area contributed by atoms with Crippen LogP contribution in [0.1, 0.15) is 40.5 Å². The second-order valence-corrected chi connectivity index (χ2v) is 16.4. The topological polar surface area (TPSA) is 241 Å². The van der Waals surface area contributed by atoms with Crippen molar-refractivity contribution in [3.05, 3.63) is 0 Å². The lowest BCUT2D eigenvalue weighted by atomic mass is 9.96. The lowest BCUT2D eigenvalue weighted by Crippen LogP contribution is -2.30. The van der Waals surface area contributed by atoms with E-state index < -0.39 is 72.6 Å². The zero-order valence-corrected chi connectivity index (χ0v) is 33.4. The molecular formula is C28H55B2O20P3. The third-order valence-corrected chi connectivity index (χ3v) is 10.0. The van der Waals surface area contributed by atoms with Gasteiger partial charge in [0.05, 0.1) is 117 Å². The SMILES string of the molecule is [B][C@H]1CC(OP(=O)(O)OCCOCCOCCOCCOCCOCCOP(=O)(O)OC[C@H]2O[C@@H]([B])CC2OP(=O)(O)OC(C)C)[C@@H](COC(C)C)O1. The number of rotatable bonds is 32. The molecule has 0 aromatic heterocycles. The molecule has 0 spiro atoms. The minimum absolute atomic E-state index is 0.0175. The van der Waals surface area contributed by atoms with Gasteiger partial charge in [0.2, 0.25) is 0 Å². The molecule has 0 aromatic rings. The molecule has 0 bridgehead atoms. The van der Waals surface area contributed by atoms with Crippen molar-refractivity contribution in [2.45, 2.75) is 89.2 Å². The first-order valence-electron chi connectivity index (χ1n) is 17.3. The van der Waals surface area contributed by atoms with Crippen LogP contribution < -0.4 is 0 Å². The lowest BCUT2D eigenvalue weighted by molar-refractivity contribution is -0.0483. The van der Waals surface area contributed by atoms with Gasteiger partial charge in [0, 0.05) is 12.0 Å². The van der Waals surface area contributed by atoms with Crippen LogP contribution in [-0.4, -0.2) is 171 Å². The predicted molar refractivity (Wildman–Crippen MR) is 187 cm³/mol. The molecule has 0 saturated carbocycles. The van der Waals surface area contributed by atoms with Gasteiger partial charge in [-0.3, -0.25) is 27.1 Å². The molecule has 0 aromatic carbocycles. The summed E-state index contributed by atoms with van der Waals surface area (Å²) in [5.74, 6) is 0. The molecule has 25 heteroatoms. The van der Waals surface area contributed by atoms with Crippen molar-refractivity contribution in [1.29, 1.82) is 0 Å². The molecule has 3 N–H and O–H groups in total. The second kappa shape index (κ2) is 26.2. The Bertz CT molecular complexity index is 1130. The first-order chi connectivity index (χ1) is 25.0. The Morgan fingerprint density at radius 2 is 0.925 bits per heavy atom. The molecule has 20 nitrogen and oxygen atoms in total. The number of hydrogen-bond donors (Lipinski definition) is 3. The van der Waals surface area contributed by atoms with Crippen LogP contribution in [0.3, 0.4) is 0 Å². The van der Waals surface area contributed by atoms with Crippen LogP contribution in [-0.2, 0) is 78.7 Å². The highest BCUT2D eigenvalue weighted by atomic mass is 31.2. The number of ether oxygens (including phenoxy) is 8. The molecule has 5 unspecified atom stereocenters. The minimum atomic E-state index is -4.49. The van der Waals surface area contributed by atoms with Crippen molar-refractivity contribution in [3.63, 3.8) is 0 Å². The summed E-state index contributed by atoms with van der Waals surface area (Å²) in [6, 6.07) is -1.45. The van der Waals surface area contributed by atoms with Gasteiger partial charge in [0.25, 0.3) is 0 Å². The first kappa shape index (κ1) is 49.3. The third-order valence-electron chi connectivity index (χ3n) is 6.79. The van der Waals surface area contributed by atoms with E-state index in [1.165, 1.54) is 0 Å². The van der Waals surface area contributed by atoms with Crippen molar-refractivity contribution in [1.82, 2.24) is 0 Å². The van der Waals surface area contributed by atoms with Crippen LogP contribution >= 0.6 is 23.5 Å². The van der Waals surface area contributed by atoms with Crippen LogP contribution in [0.2, 0.25) is 0 Å². The van der Waals surface area contributed by atoms with Gasteiger partial charge in [-0.15, -0.1) is 0 Å². The third kappa shape index (κ3) is 23.8. The Morgan fingerprint density at radius 1 is 0.547 bits per heavy atom. The van der Waals surface area contributed by atoms with E-state index in [4.69, 9.17) is 80.7 Å². The van der Waals surface area contributed by atoms with Crippen LogP contribution in [0.4, 0.5) is 0 Å². The first-order valence-corrected chi connectivity index (χ1v) is 21.7. The summed E-state index contributed by atoms with van der Waals surface area (Å²) in [4.78, 5) is 29.8. The van der Waals surface area contributed by atoms with Gasteiger partial charge in [0.15, 0.2) is 0 Å². The molecule has 9 atom stereocenters. The largest absolute Gasteiger partial charge is 0.472 e. The summed E-state index contributed by atoms with van der Waals surface area (Å²) < 4.78 is 110. The van der Waals surface area contributed by atoms with Crippen LogP contribution in [0, 0.1) is 0 Å². The normalized spacial score (nSPS) is 27.0. The van der Waals surface area contributed by atoms with Gasteiger partial charge in [0.1, 0.15) is 27.9 Å². The molecule has 308 valence electrons. The summed E-state index contributed by atoms with van der Waals surface area (Å²) in [5, 5.41) is 0. The highest BCUT2D eigenvalue weighted by molar-refractivity contribution is 7.48. The van der Waals surface area contributed by atoms with Crippen molar-refractivity contribution >= 4 is 39.2 Å². The van der Waals surface area contributed by atoms with E-state index >= 15 is 0 Å². The minimum Gasteiger partial charge on any atom is -0.380 e. The van der Waals surface area contributed by atoms with Crippen molar-refractivity contribution in [2.24, 2.45) is 0 Å². The smallest absolute Gasteiger partial charge is 0.380 e. The summed E-state index contributed by atoms with van der Waals surface area (Å²) in [6.07, 6.45) is -3.66. The van der Waals surface area contributed by atoms with Crippen LogP contribution in [0.25, 0.3) is 0 Å². The van der Waals surface area contributed by atoms with Crippen LogP contribution in [0.5, 0.6) is 0 Å².